The molecule has 0 aliphatic carbocycles. The summed E-state index contributed by atoms with van der Waals surface area (Å²) in [5, 5.41) is 15.9. The summed E-state index contributed by atoms with van der Waals surface area (Å²) in [6.45, 7) is 1.57. The van der Waals surface area contributed by atoms with Crippen molar-refractivity contribution >= 4 is 10.9 Å². The minimum atomic E-state index is -0.320. The standard InChI is InChI=1S/C14H11FN4O/c1-8-4-11(20-3-2-16)12-10(9-5-18-19-6-9)7-17-14(12)13(8)15/h4-7,17H,3H2,1H3,(H,18,19). The third-order valence-electron chi connectivity index (χ3n) is 3.14. The summed E-state index contributed by atoms with van der Waals surface area (Å²) in [6, 6.07) is 3.52. The van der Waals surface area contributed by atoms with Gasteiger partial charge in [-0.15, -0.1) is 0 Å². The van der Waals surface area contributed by atoms with Crippen LogP contribution in [0, 0.1) is 24.1 Å². The van der Waals surface area contributed by atoms with Crippen LogP contribution in [0.25, 0.3) is 22.0 Å². The van der Waals surface area contributed by atoms with Crippen LogP contribution in [0.2, 0.25) is 0 Å². The summed E-state index contributed by atoms with van der Waals surface area (Å²) in [5.41, 5.74) is 2.43. The van der Waals surface area contributed by atoms with Crippen LogP contribution in [0.3, 0.4) is 0 Å². The van der Waals surface area contributed by atoms with Gasteiger partial charge in [0.1, 0.15) is 17.6 Å². The SMILES string of the molecule is Cc1cc(OCC#N)c2c(-c3cn[nH]c3)c[nH]c2c1F. The first kappa shape index (κ1) is 12.2. The Bertz CT molecular complexity index is 799. The first-order valence-electron chi connectivity index (χ1n) is 6.01. The monoisotopic (exact) mass is 270 g/mol. The number of halogens is 1. The van der Waals surface area contributed by atoms with Gasteiger partial charge >= 0.3 is 0 Å². The first-order chi connectivity index (χ1) is 9.72. The van der Waals surface area contributed by atoms with Crippen molar-refractivity contribution < 1.29 is 9.13 Å². The zero-order chi connectivity index (χ0) is 14.1. The molecule has 6 heteroatoms. The number of hydrogen-bond acceptors (Lipinski definition) is 3. The van der Waals surface area contributed by atoms with Crippen LogP contribution >= 0.6 is 0 Å². The number of nitrogens with zero attached hydrogens (tertiary/aromatic N) is 2. The lowest BCUT2D eigenvalue weighted by molar-refractivity contribution is 0.372. The highest BCUT2D eigenvalue weighted by Crippen LogP contribution is 2.37. The van der Waals surface area contributed by atoms with E-state index in [4.69, 9.17) is 10.00 Å². The van der Waals surface area contributed by atoms with Gasteiger partial charge in [0.25, 0.3) is 0 Å². The number of ether oxygens (including phenoxy) is 1. The Balaban J connectivity index is 2.28. The van der Waals surface area contributed by atoms with Gasteiger partial charge in [0.15, 0.2) is 6.61 Å². The van der Waals surface area contributed by atoms with Crippen molar-refractivity contribution in [1.29, 1.82) is 5.26 Å². The molecular formula is C14H11FN4O. The molecule has 2 N–H and O–H groups in total. The van der Waals surface area contributed by atoms with Gasteiger partial charge in [-0.25, -0.2) is 4.39 Å². The van der Waals surface area contributed by atoms with Crippen molar-refractivity contribution in [2.24, 2.45) is 0 Å². The highest BCUT2D eigenvalue weighted by Gasteiger charge is 2.17. The number of rotatable bonds is 3. The van der Waals surface area contributed by atoms with Crippen LogP contribution in [0.1, 0.15) is 5.56 Å². The summed E-state index contributed by atoms with van der Waals surface area (Å²) in [6.07, 6.45) is 5.07. The van der Waals surface area contributed by atoms with Gasteiger partial charge in [-0.2, -0.15) is 10.4 Å². The van der Waals surface area contributed by atoms with E-state index < -0.39 is 0 Å². The van der Waals surface area contributed by atoms with Gasteiger partial charge in [0.05, 0.1) is 17.1 Å². The number of benzene rings is 1. The molecule has 3 rings (SSSR count). The Morgan fingerprint density at radius 3 is 3.00 bits per heavy atom. The number of nitriles is 1. The number of aromatic amines is 2. The first-order valence-corrected chi connectivity index (χ1v) is 6.01. The van der Waals surface area contributed by atoms with Crippen molar-refractivity contribution in [2.45, 2.75) is 6.92 Å². The maximum absolute atomic E-state index is 14.2. The molecule has 0 aliphatic heterocycles. The van der Waals surface area contributed by atoms with Crippen molar-refractivity contribution in [1.82, 2.24) is 15.2 Å². The largest absolute Gasteiger partial charge is 0.478 e. The van der Waals surface area contributed by atoms with E-state index in [1.165, 1.54) is 0 Å². The number of aromatic nitrogens is 3. The third-order valence-corrected chi connectivity index (χ3v) is 3.14. The molecule has 5 nitrogen and oxygen atoms in total. The smallest absolute Gasteiger partial charge is 0.174 e. The fourth-order valence-corrected chi connectivity index (χ4v) is 2.23. The number of aryl methyl sites for hydroxylation is 1. The average molecular weight is 270 g/mol. The quantitative estimate of drug-likeness (QED) is 0.768. The molecule has 20 heavy (non-hydrogen) atoms. The highest BCUT2D eigenvalue weighted by atomic mass is 19.1. The molecular weight excluding hydrogens is 259 g/mol. The van der Waals surface area contributed by atoms with Crippen LogP contribution in [0.15, 0.2) is 24.7 Å². The molecule has 0 atom stereocenters. The second-order valence-electron chi connectivity index (χ2n) is 4.39. The van der Waals surface area contributed by atoms with E-state index in [1.54, 1.807) is 31.6 Å². The molecule has 0 aliphatic rings. The second-order valence-corrected chi connectivity index (χ2v) is 4.39. The second kappa shape index (κ2) is 4.70. The van der Waals surface area contributed by atoms with Gasteiger partial charge in [-0.3, -0.25) is 5.10 Å². The molecule has 0 saturated carbocycles. The Morgan fingerprint density at radius 2 is 2.30 bits per heavy atom. The molecule has 1 aromatic carbocycles. The molecule has 0 saturated heterocycles. The lowest BCUT2D eigenvalue weighted by Crippen LogP contribution is -1.96. The van der Waals surface area contributed by atoms with Crippen LogP contribution in [0.5, 0.6) is 5.75 Å². The summed E-state index contributed by atoms with van der Waals surface area (Å²) < 4.78 is 19.6. The average Bonchev–Trinajstić information content (AvgIpc) is 3.09. The molecule has 0 unspecified atom stereocenters. The molecule has 0 fully saturated rings. The number of nitrogens with one attached hydrogen (secondary N) is 2. The Morgan fingerprint density at radius 1 is 1.45 bits per heavy atom. The molecule has 3 aromatic rings. The van der Waals surface area contributed by atoms with Crippen LogP contribution in [-0.4, -0.2) is 21.8 Å². The lowest BCUT2D eigenvalue weighted by Gasteiger charge is -2.08. The Hall–Kier alpha value is -2.81. The van der Waals surface area contributed by atoms with Crippen molar-refractivity contribution in [3.05, 3.63) is 36.0 Å². The van der Waals surface area contributed by atoms with Gasteiger partial charge in [0.2, 0.25) is 0 Å². The molecule has 0 radical (unpaired) electrons. The molecule has 0 spiro atoms. The van der Waals surface area contributed by atoms with Crippen LogP contribution in [0.4, 0.5) is 4.39 Å². The maximum atomic E-state index is 14.2. The van der Waals surface area contributed by atoms with E-state index in [2.05, 4.69) is 15.2 Å². The van der Waals surface area contributed by atoms with E-state index in [1.807, 2.05) is 6.07 Å². The topological polar surface area (TPSA) is 77.5 Å². The zero-order valence-corrected chi connectivity index (χ0v) is 10.7. The summed E-state index contributed by atoms with van der Waals surface area (Å²) >= 11 is 0. The van der Waals surface area contributed by atoms with Crippen LogP contribution in [-0.2, 0) is 0 Å². The van der Waals surface area contributed by atoms with E-state index >= 15 is 0 Å². The van der Waals surface area contributed by atoms with Gasteiger partial charge in [-0.1, -0.05) is 0 Å². The summed E-state index contributed by atoms with van der Waals surface area (Å²) in [5.74, 6) is 0.164. The fraction of sp³-hybridized carbons (Fsp3) is 0.143. The van der Waals surface area contributed by atoms with E-state index in [0.717, 1.165) is 11.1 Å². The maximum Gasteiger partial charge on any atom is 0.174 e. The van der Waals surface area contributed by atoms with E-state index in [0.29, 0.717) is 22.2 Å². The molecule has 0 amide bonds. The number of H-pyrrole nitrogens is 2. The van der Waals surface area contributed by atoms with Crippen molar-refractivity contribution in [3.63, 3.8) is 0 Å². The van der Waals surface area contributed by atoms with Gasteiger partial charge in [-0.05, 0) is 18.6 Å². The van der Waals surface area contributed by atoms with Crippen molar-refractivity contribution in [2.75, 3.05) is 6.61 Å². The lowest BCUT2D eigenvalue weighted by atomic mass is 10.1. The van der Waals surface area contributed by atoms with Gasteiger partial charge in [0, 0.05) is 23.5 Å². The van der Waals surface area contributed by atoms with E-state index in [9.17, 15) is 4.39 Å². The number of hydrogen-bond donors (Lipinski definition) is 2. The predicted octanol–water partition coefficient (Wildman–Crippen LogP) is 2.91. The van der Waals surface area contributed by atoms with Gasteiger partial charge < -0.3 is 9.72 Å². The predicted molar refractivity (Wildman–Crippen MR) is 71.7 cm³/mol. The molecule has 0 bridgehead atoms. The highest BCUT2D eigenvalue weighted by molar-refractivity contribution is 6.00. The van der Waals surface area contributed by atoms with E-state index in [-0.39, 0.29) is 12.4 Å². The third kappa shape index (κ3) is 1.80. The molecule has 2 heterocycles. The number of fused-ring (bicyclic) bond motifs is 1. The summed E-state index contributed by atoms with van der Waals surface area (Å²) in [7, 11) is 0. The molecule has 2 aromatic heterocycles. The normalized spacial score (nSPS) is 10.7. The minimum Gasteiger partial charge on any atom is -0.478 e. The van der Waals surface area contributed by atoms with Crippen LogP contribution < -0.4 is 4.74 Å². The molecule has 100 valence electrons. The van der Waals surface area contributed by atoms with Crippen molar-refractivity contribution in [3.8, 4) is 22.9 Å². The fourth-order valence-electron chi connectivity index (χ4n) is 2.23. The summed E-state index contributed by atoms with van der Waals surface area (Å²) in [4.78, 5) is 2.92. The Kier molecular flexibility index (Phi) is 2.88. The zero-order valence-electron chi connectivity index (χ0n) is 10.7. The Labute approximate surface area is 114 Å². The minimum absolute atomic E-state index is 0.0871.